The van der Waals surface area contributed by atoms with Gasteiger partial charge in [-0.1, -0.05) is 0 Å². The Morgan fingerprint density at radius 1 is 1.38 bits per heavy atom. The van der Waals surface area contributed by atoms with Crippen molar-refractivity contribution in [2.24, 2.45) is 5.92 Å². The van der Waals surface area contributed by atoms with Gasteiger partial charge < -0.3 is 4.90 Å². The number of nitrogens with zero attached hydrogens (tertiary/aromatic N) is 1. The van der Waals surface area contributed by atoms with Crippen LogP contribution >= 0.6 is 12.6 Å². The molecular weight excluding hydrogens is 182 g/mol. The smallest absolute Gasteiger partial charge is 0.186 e. The lowest BCUT2D eigenvalue weighted by Gasteiger charge is -2.35. The lowest BCUT2D eigenvalue weighted by atomic mass is 9.89. The molecule has 0 amide bonds. The minimum atomic E-state index is 0.0638. The Balaban J connectivity index is 1.95. The maximum absolute atomic E-state index is 10.9. The van der Waals surface area contributed by atoms with Crippen LogP contribution in [0, 0.1) is 5.92 Å². The maximum atomic E-state index is 10.9. The van der Waals surface area contributed by atoms with E-state index < -0.39 is 0 Å². The van der Waals surface area contributed by atoms with E-state index in [1.165, 1.54) is 25.7 Å². The zero-order chi connectivity index (χ0) is 9.42. The average Bonchev–Trinajstić information content (AvgIpc) is 2.33. The van der Waals surface area contributed by atoms with Gasteiger partial charge >= 0.3 is 0 Å². The maximum Gasteiger partial charge on any atom is 0.186 e. The van der Waals surface area contributed by atoms with Gasteiger partial charge in [0.05, 0.1) is 0 Å². The van der Waals surface area contributed by atoms with Crippen molar-refractivity contribution in [3.05, 3.63) is 0 Å². The summed E-state index contributed by atoms with van der Waals surface area (Å²) in [6.07, 6.45) is 5.76. The molecule has 0 aromatic rings. The SMILES string of the molecule is CN1C2CCC1CC(CC(=O)S)C2. The summed E-state index contributed by atoms with van der Waals surface area (Å²) in [7, 11) is 2.22. The fourth-order valence-corrected chi connectivity index (χ4v) is 3.20. The van der Waals surface area contributed by atoms with E-state index in [2.05, 4.69) is 24.6 Å². The Kier molecular flexibility index (Phi) is 2.65. The molecule has 0 saturated carbocycles. The number of hydrogen-bond acceptors (Lipinski definition) is 2. The number of thiol groups is 1. The molecule has 2 bridgehead atoms. The number of carbonyl (C=O) groups is 1. The molecule has 0 N–H and O–H groups in total. The molecule has 0 aromatic carbocycles. The van der Waals surface area contributed by atoms with Crippen LogP contribution in [0.1, 0.15) is 32.1 Å². The summed E-state index contributed by atoms with van der Waals surface area (Å²) < 4.78 is 0. The second-order valence-electron chi connectivity index (χ2n) is 4.49. The molecule has 2 heterocycles. The quantitative estimate of drug-likeness (QED) is 0.683. The van der Waals surface area contributed by atoms with Crippen LogP contribution in [0.25, 0.3) is 0 Å². The third-order valence-corrected chi connectivity index (χ3v) is 3.84. The van der Waals surface area contributed by atoms with Gasteiger partial charge in [-0.15, -0.1) is 12.6 Å². The van der Waals surface area contributed by atoms with E-state index in [-0.39, 0.29) is 5.12 Å². The zero-order valence-corrected chi connectivity index (χ0v) is 8.96. The third-order valence-electron chi connectivity index (χ3n) is 3.66. The second kappa shape index (κ2) is 3.62. The largest absolute Gasteiger partial charge is 0.300 e. The fraction of sp³-hybridized carbons (Fsp3) is 0.900. The molecule has 2 aliphatic rings. The van der Waals surface area contributed by atoms with Gasteiger partial charge in [-0.05, 0) is 38.6 Å². The van der Waals surface area contributed by atoms with Crippen LogP contribution in [0.3, 0.4) is 0 Å². The number of fused-ring (bicyclic) bond motifs is 2. The number of hydrogen-bond donors (Lipinski definition) is 1. The van der Waals surface area contributed by atoms with Crippen LogP contribution in [0.15, 0.2) is 0 Å². The molecule has 2 saturated heterocycles. The van der Waals surface area contributed by atoms with E-state index in [0.29, 0.717) is 12.3 Å². The van der Waals surface area contributed by atoms with Gasteiger partial charge in [0.2, 0.25) is 0 Å². The molecule has 2 rings (SSSR count). The van der Waals surface area contributed by atoms with E-state index in [0.717, 1.165) is 12.1 Å². The van der Waals surface area contributed by atoms with Gasteiger partial charge in [0.15, 0.2) is 5.12 Å². The summed E-state index contributed by atoms with van der Waals surface area (Å²) in [6.45, 7) is 0. The molecule has 13 heavy (non-hydrogen) atoms. The first kappa shape index (κ1) is 9.53. The fourth-order valence-electron chi connectivity index (χ4n) is 2.94. The van der Waals surface area contributed by atoms with Gasteiger partial charge in [-0.25, -0.2) is 0 Å². The highest BCUT2D eigenvalue weighted by Gasteiger charge is 2.38. The normalized spacial score (nSPS) is 39.4. The van der Waals surface area contributed by atoms with Crippen molar-refractivity contribution in [1.82, 2.24) is 4.90 Å². The molecule has 0 radical (unpaired) electrons. The Bertz CT molecular complexity index is 205. The van der Waals surface area contributed by atoms with Crippen LogP contribution in [-0.2, 0) is 4.79 Å². The number of piperidine rings is 1. The summed E-state index contributed by atoms with van der Waals surface area (Å²) >= 11 is 3.86. The van der Waals surface area contributed by atoms with E-state index >= 15 is 0 Å². The topological polar surface area (TPSA) is 20.3 Å². The Morgan fingerprint density at radius 3 is 2.38 bits per heavy atom. The summed E-state index contributed by atoms with van der Waals surface area (Å²) in [5.74, 6) is 0.610. The van der Waals surface area contributed by atoms with E-state index in [4.69, 9.17) is 0 Å². The van der Waals surface area contributed by atoms with Crippen molar-refractivity contribution >= 4 is 17.7 Å². The standard InChI is InChI=1S/C10H17NOS/c1-11-8-2-3-9(11)5-7(4-8)6-10(12)13/h7-9H,2-6H2,1H3,(H,12,13). The van der Waals surface area contributed by atoms with Crippen molar-refractivity contribution in [3.63, 3.8) is 0 Å². The monoisotopic (exact) mass is 199 g/mol. The molecule has 74 valence electrons. The Labute approximate surface area is 85.1 Å². The average molecular weight is 199 g/mol. The molecule has 2 fully saturated rings. The molecule has 0 aromatic heterocycles. The molecule has 2 atom stereocenters. The van der Waals surface area contributed by atoms with E-state index in [1.54, 1.807) is 0 Å². The van der Waals surface area contributed by atoms with E-state index in [9.17, 15) is 4.79 Å². The van der Waals surface area contributed by atoms with Crippen LogP contribution in [0.5, 0.6) is 0 Å². The van der Waals surface area contributed by atoms with Gasteiger partial charge in [-0.2, -0.15) is 0 Å². The van der Waals surface area contributed by atoms with Crippen molar-refractivity contribution in [1.29, 1.82) is 0 Å². The predicted molar refractivity (Wildman–Crippen MR) is 55.9 cm³/mol. The highest BCUT2D eigenvalue weighted by atomic mass is 32.1. The molecule has 2 nitrogen and oxygen atoms in total. The van der Waals surface area contributed by atoms with Crippen molar-refractivity contribution < 1.29 is 4.79 Å². The minimum absolute atomic E-state index is 0.0638. The molecule has 2 aliphatic heterocycles. The van der Waals surface area contributed by atoms with Crippen molar-refractivity contribution in [3.8, 4) is 0 Å². The van der Waals surface area contributed by atoms with Crippen LogP contribution < -0.4 is 0 Å². The van der Waals surface area contributed by atoms with Crippen molar-refractivity contribution in [2.45, 2.75) is 44.2 Å². The van der Waals surface area contributed by atoms with E-state index in [1.807, 2.05) is 0 Å². The van der Waals surface area contributed by atoms with Gasteiger partial charge in [0.1, 0.15) is 0 Å². The number of carbonyl (C=O) groups excluding carboxylic acids is 1. The number of rotatable bonds is 2. The summed E-state index contributed by atoms with van der Waals surface area (Å²) in [4.78, 5) is 13.4. The first-order chi connectivity index (χ1) is 6.16. The highest BCUT2D eigenvalue weighted by molar-refractivity contribution is 7.96. The predicted octanol–water partition coefficient (Wildman–Crippen LogP) is 1.71. The molecule has 3 heteroatoms. The molecular formula is C10H17NOS. The lowest BCUT2D eigenvalue weighted by Crippen LogP contribution is -2.40. The van der Waals surface area contributed by atoms with Crippen LogP contribution in [0.4, 0.5) is 0 Å². The third kappa shape index (κ3) is 1.91. The van der Waals surface area contributed by atoms with Gasteiger partial charge in [-0.3, -0.25) is 4.79 Å². The Hall–Kier alpha value is -0.0200. The summed E-state index contributed by atoms with van der Waals surface area (Å²) in [5.41, 5.74) is 0. The first-order valence-electron chi connectivity index (χ1n) is 5.10. The Morgan fingerprint density at radius 2 is 1.92 bits per heavy atom. The van der Waals surface area contributed by atoms with Gasteiger partial charge in [0, 0.05) is 18.5 Å². The molecule has 0 aliphatic carbocycles. The zero-order valence-electron chi connectivity index (χ0n) is 8.07. The highest BCUT2D eigenvalue weighted by Crippen LogP contribution is 2.38. The van der Waals surface area contributed by atoms with Crippen molar-refractivity contribution in [2.75, 3.05) is 7.05 Å². The molecule has 0 spiro atoms. The van der Waals surface area contributed by atoms with Crippen LogP contribution in [-0.4, -0.2) is 29.1 Å². The first-order valence-corrected chi connectivity index (χ1v) is 5.55. The minimum Gasteiger partial charge on any atom is -0.300 e. The van der Waals surface area contributed by atoms with Gasteiger partial charge in [0.25, 0.3) is 0 Å². The second-order valence-corrected chi connectivity index (χ2v) is 4.98. The molecule has 2 unspecified atom stereocenters. The summed E-state index contributed by atoms with van der Waals surface area (Å²) in [6, 6.07) is 1.49. The summed E-state index contributed by atoms with van der Waals surface area (Å²) in [5, 5.41) is 0.0638. The lowest BCUT2D eigenvalue weighted by molar-refractivity contribution is -0.112. The van der Waals surface area contributed by atoms with Crippen LogP contribution in [0.2, 0.25) is 0 Å².